The zero-order valence-corrected chi connectivity index (χ0v) is 26.2. The van der Waals surface area contributed by atoms with E-state index < -0.39 is 23.0 Å². The number of carbonyl (C=O) groups is 1. The first kappa shape index (κ1) is 38.8. The van der Waals surface area contributed by atoms with Crippen molar-refractivity contribution in [3.8, 4) is 0 Å². The molecule has 0 saturated heterocycles. The van der Waals surface area contributed by atoms with Crippen LogP contribution < -0.4 is 0 Å². The Hall–Kier alpha value is -0.730. The molecule has 0 aromatic rings. The standard InChI is InChI=1S/C17H36O4.C9H18O3.C2H6/c1-12-16(9,10)13(2)17(11,20-18-14(3,4)5)21-19-15(6,7)8;1-5-9(3,4)7(2)6-8(10)12-11;1-2/h13H,12H2,1-11H3;7,11H,5-6H2,1-4H3;1-2H3. The molecule has 0 saturated carbocycles. The fourth-order valence-corrected chi connectivity index (χ4v) is 2.50. The van der Waals surface area contributed by atoms with Crippen LogP contribution in [0.25, 0.3) is 0 Å². The lowest BCUT2D eigenvalue weighted by atomic mass is 9.74. The van der Waals surface area contributed by atoms with Crippen LogP contribution in [0.5, 0.6) is 0 Å². The first-order valence-electron chi connectivity index (χ1n) is 13.1. The molecule has 0 aliphatic carbocycles. The molecule has 0 heterocycles. The second kappa shape index (κ2) is 16.2. The molecule has 2 unspecified atom stereocenters. The van der Waals surface area contributed by atoms with Crippen LogP contribution in [0.3, 0.4) is 0 Å². The van der Waals surface area contributed by atoms with Crippen LogP contribution >= 0.6 is 0 Å². The van der Waals surface area contributed by atoms with Gasteiger partial charge in [0.25, 0.3) is 0 Å². The van der Waals surface area contributed by atoms with Crippen molar-refractivity contribution in [2.45, 2.75) is 154 Å². The minimum absolute atomic E-state index is 0.0250. The zero-order chi connectivity index (χ0) is 28.9. The highest BCUT2D eigenvalue weighted by Gasteiger charge is 2.45. The molecule has 0 aromatic carbocycles. The average Bonchev–Trinajstić information content (AvgIpc) is 2.76. The van der Waals surface area contributed by atoms with Gasteiger partial charge in [0.2, 0.25) is 5.79 Å². The predicted octanol–water partition coefficient (Wildman–Crippen LogP) is 8.76. The van der Waals surface area contributed by atoms with Crippen molar-refractivity contribution in [2.24, 2.45) is 22.7 Å². The summed E-state index contributed by atoms with van der Waals surface area (Å²) in [5.41, 5.74) is -0.684. The van der Waals surface area contributed by atoms with Crippen molar-refractivity contribution >= 4 is 5.97 Å². The monoisotopic (exact) mass is 508 g/mol. The van der Waals surface area contributed by atoms with Gasteiger partial charge in [-0.15, -0.1) is 0 Å². The molecule has 0 aliphatic rings. The molecular formula is C28H60O7. The highest BCUT2D eigenvalue weighted by atomic mass is 17.3. The van der Waals surface area contributed by atoms with Gasteiger partial charge < -0.3 is 4.89 Å². The predicted molar refractivity (Wildman–Crippen MR) is 143 cm³/mol. The second-order valence-corrected chi connectivity index (χ2v) is 12.5. The molecule has 7 heteroatoms. The normalized spacial score (nSPS) is 14.7. The van der Waals surface area contributed by atoms with E-state index in [9.17, 15) is 4.79 Å². The van der Waals surface area contributed by atoms with Crippen LogP contribution in [0, 0.1) is 22.7 Å². The summed E-state index contributed by atoms with van der Waals surface area (Å²) >= 11 is 0. The Bertz CT molecular complexity index is 539. The first-order chi connectivity index (χ1) is 15.6. The molecule has 0 rings (SSSR count). The molecular weight excluding hydrogens is 448 g/mol. The quantitative estimate of drug-likeness (QED) is 0.170. The Kier molecular flexibility index (Phi) is 17.9. The maximum atomic E-state index is 10.7. The van der Waals surface area contributed by atoms with Crippen molar-refractivity contribution < 1.29 is 34.5 Å². The van der Waals surface area contributed by atoms with Crippen LogP contribution in [0.4, 0.5) is 0 Å². The third kappa shape index (κ3) is 17.4. The van der Waals surface area contributed by atoms with Crippen molar-refractivity contribution in [1.29, 1.82) is 0 Å². The Morgan fingerprint density at radius 1 is 0.686 bits per heavy atom. The van der Waals surface area contributed by atoms with Crippen LogP contribution in [0.1, 0.15) is 137 Å². The van der Waals surface area contributed by atoms with E-state index in [-0.39, 0.29) is 29.1 Å². The van der Waals surface area contributed by atoms with Gasteiger partial charge in [-0.3, -0.25) is 0 Å². The SMILES string of the molecule is CC.CCC(C)(C)C(C)C(C)(OOC(C)(C)C)OOC(C)(C)C.CCC(C)(C)C(C)CC(=O)OO. The van der Waals surface area contributed by atoms with Crippen molar-refractivity contribution in [2.75, 3.05) is 0 Å². The van der Waals surface area contributed by atoms with E-state index in [4.69, 9.17) is 24.8 Å². The summed E-state index contributed by atoms with van der Waals surface area (Å²) in [5, 5.41) is 8.07. The Morgan fingerprint density at radius 2 is 1.03 bits per heavy atom. The van der Waals surface area contributed by atoms with E-state index in [1.54, 1.807) is 0 Å². The largest absolute Gasteiger partial charge is 0.342 e. The first-order valence-corrected chi connectivity index (χ1v) is 13.1. The van der Waals surface area contributed by atoms with Crippen LogP contribution in [0.2, 0.25) is 0 Å². The van der Waals surface area contributed by atoms with Crippen LogP contribution in [-0.2, 0) is 29.2 Å². The minimum atomic E-state index is -0.986. The molecule has 0 fully saturated rings. The Balaban J connectivity index is -0.000000620. The molecule has 1 N–H and O–H groups in total. The van der Waals surface area contributed by atoms with E-state index in [1.807, 2.05) is 69.2 Å². The molecule has 35 heavy (non-hydrogen) atoms. The average molecular weight is 509 g/mol. The molecule has 0 aromatic heterocycles. The van der Waals surface area contributed by atoms with Crippen molar-refractivity contribution in [3.63, 3.8) is 0 Å². The van der Waals surface area contributed by atoms with Gasteiger partial charge >= 0.3 is 5.97 Å². The Morgan fingerprint density at radius 3 is 1.29 bits per heavy atom. The molecule has 0 spiro atoms. The fourth-order valence-electron chi connectivity index (χ4n) is 2.50. The summed E-state index contributed by atoms with van der Waals surface area (Å²) < 4.78 is 0. The fraction of sp³-hybridized carbons (Fsp3) is 0.964. The number of hydrogen-bond acceptors (Lipinski definition) is 7. The third-order valence-electron chi connectivity index (χ3n) is 6.60. The second-order valence-electron chi connectivity index (χ2n) is 12.5. The molecule has 0 radical (unpaired) electrons. The summed E-state index contributed by atoms with van der Waals surface area (Å²) in [6, 6.07) is 0. The third-order valence-corrected chi connectivity index (χ3v) is 6.60. The zero-order valence-electron chi connectivity index (χ0n) is 26.2. The topological polar surface area (TPSA) is 83.5 Å². The van der Waals surface area contributed by atoms with E-state index >= 15 is 0 Å². The maximum absolute atomic E-state index is 10.7. The van der Waals surface area contributed by atoms with Gasteiger partial charge in [-0.2, -0.15) is 15.0 Å². The van der Waals surface area contributed by atoms with Gasteiger partial charge in [-0.25, -0.2) is 14.6 Å². The molecule has 0 aliphatic heterocycles. The van der Waals surface area contributed by atoms with E-state index in [2.05, 4.69) is 53.4 Å². The smallest absolute Gasteiger partial charge is 0.301 e. The highest BCUT2D eigenvalue weighted by molar-refractivity contribution is 5.68. The summed E-state index contributed by atoms with van der Waals surface area (Å²) in [6.07, 6.45) is 2.28. The molecule has 2 atom stereocenters. The van der Waals surface area contributed by atoms with Crippen molar-refractivity contribution in [3.05, 3.63) is 0 Å². The number of hydrogen-bond donors (Lipinski definition) is 1. The van der Waals surface area contributed by atoms with Gasteiger partial charge in [0.15, 0.2) is 0 Å². The summed E-state index contributed by atoms with van der Waals surface area (Å²) in [4.78, 5) is 36.7. The lowest BCUT2D eigenvalue weighted by molar-refractivity contribution is -0.550. The Labute approximate surface area is 217 Å². The molecule has 0 amide bonds. The number of carbonyl (C=O) groups excluding carboxylic acids is 1. The molecule has 7 nitrogen and oxygen atoms in total. The van der Waals surface area contributed by atoms with Crippen molar-refractivity contribution in [1.82, 2.24) is 0 Å². The molecule has 214 valence electrons. The summed E-state index contributed by atoms with van der Waals surface area (Å²) in [5.74, 6) is -1.24. The maximum Gasteiger partial charge on any atom is 0.342 e. The van der Waals surface area contributed by atoms with E-state index in [1.165, 1.54) is 0 Å². The summed E-state index contributed by atoms with van der Waals surface area (Å²) in [7, 11) is 0. The summed E-state index contributed by atoms with van der Waals surface area (Å²) in [6.45, 7) is 34.4. The van der Waals surface area contributed by atoms with Gasteiger partial charge in [0, 0.05) is 5.92 Å². The van der Waals surface area contributed by atoms with Gasteiger partial charge in [-0.1, -0.05) is 82.1 Å². The highest BCUT2D eigenvalue weighted by Crippen LogP contribution is 2.41. The number of rotatable bonds is 11. The lowest BCUT2D eigenvalue weighted by Gasteiger charge is -2.43. The van der Waals surface area contributed by atoms with Gasteiger partial charge in [-0.05, 0) is 65.2 Å². The van der Waals surface area contributed by atoms with Crippen LogP contribution in [0.15, 0.2) is 0 Å². The van der Waals surface area contributed by atoms with Gasteiger partial charge in [0.1, 0.15) is 0 Å². The molecule has 0 bridgehead atoms. The van der Waals surface area contributed by atoms with Gasteiger partial charge in [0.05, 0.1) is 17.6 Å². The van der Waals surface area contributed by atoms with Crippen LogP contribution in [-0.4, -0.2) is 28.2 Å². The van der Waals surface area contributed by atoms with E-state index in [0.29, 0.717) is 0 Å². The lowest BCUT2D eigenvalue weighted by Crippen LogP contribution is -2.48. The van der Waals surface area contributed by atoms with E-state index in [0.717, 1.165) is 12.8 Å². The minimum Gasteiger partial charge on any atom is -0.301 e.